The summed E-state index contributed by atoms with van der Waals surface area (Å²) in [5, 5.41) is 9.67. The molecule has 5 heteroatoms. The Morgan fingerprint density at radius 3 is 2.80 bits per heavy atom. The monoisotopic (exact) mass is 220 g/mol. The third kappa shape index (κ3) is 2.05. The van der Waals surface area contributed by atoms with Crippen molar-refractivity contribution in [3.8, 4) is 6.07 Å². The molecule has 0 aromatic carbocycles. The van der Waals surface area contributed by atoms with Crippen molar-refractivity contribution in [3.05, 3.63) is 11.3 Å². The first kappa shape index (κ1) is 10.2. The highest BCUT2D eigenvalue weighted by Gasteiger charge is 2.29. The Bertz CT molecular complexity index is 420. The number of hydrogen-bond acceptors (Lipinski definition) is 5. The molecule has 1 aliphatic rings. The Morgan fingerprint density at radius 1 is 1.53 bits per heavy atom. The Morgan fingerprint density at radius 2 is 2.27 bits per heavy atom. The van der Waals surface area contributed by atoms with E-state index in [1.165, 1.54) is 0 Å². The van der Waals surface area contributed by atoms with Crippen molar-refractivity contribution >= 4 is 17.6 Å². The van der Waals surface area contributed by atoms with Gasteiger partial charge in [-0.1, -0.05) is 18.7 Å². The maximum atomic E-state index is 8.98. The molecule has 1 saturated carbocycles. The summed E-state index contributed by atoms with van der Waals surface area (Å²) in [6, 6.07) is 2.10. The predicted octanol–water partition coefficient (Wildman–Crippen LogP) is 1.92. The lowest BCUT2D eigenvalue weighted by molar-refractivity contribution is 0.882. The average Bonchev–Trinajstić information content (AvgIpc) is 3.00. The van der Waals surface area contributed by atoms with Gasteiger partial charge >= 0.3 is 0 Å². The van der Waals surface area contributed by atoms with Crippen LogP contribution in [-0.4, -0.2) is 15.7 Å². The molecule has 0 unspecified atom stereocenters. The van der Waals surface area contributed by atoms with E-state index in [9.17, 15) is 0 Å². The molecule has 1 aromatic heterocycles. The van der Waals surface area contributed by atoms with Gasteiger partial charge in [-0.25, -0.2) is 9.97 Å². The van der Waals surface area contributed by atoms with Crippen LogP contribution in [0.1, 0.15) is 36.9 Å². The van der Waals surface area contributed by atoms with Crippen LogP contribution in [-0.2, 0) is 0 Å². The minimum atomic E-state index is 0.324. The van der Waals surface area contributed by atoms with E-state index < -0.39 is 0 Å². The van der Waals surface area contributed by atoms with E-state index in [0.29, 0.717) is 22.5 Å². The molecule has 0 bridgehead atoms. The van der Waals surface area contributed by atoms with Crippen molar-refractivity contribution in [2.75, 3.05) is 11.5 Å². The molecule has 0 spiro atoms. The average molecular weight is 220 g/mol. The highest BCUT2D eigenvalue weighted by Crippen LogP contribution is 2.41. The summed E-state index contributed by atoms with van der Waals surface area (Å²) in [6.07, 6.45) is 2.22. The molecule has 4 nitrogen and oxygen atoms in total. The number of thioether (sulfide) groups is 1. The standard InChI is InChI=1S/C10H12N4S/c1-2-15-10-13-8(6-3-4-6)7(5-11)9(12)14-10/h6H,2-4H2,1H3,(H2,12,13,14). The number of aromatic nitrogens is 2. The molecule has 15 heavy (non-hydrogen) atoms. The zero-order chi connectivity index (χ0) is 10.8. The van der Waals surface area contributed by atoms with Crippen LogP contribution in [0.3, 0.4) is 0 Å². The fourth-order valence-corrected chi connectivity index (χ4v) is 2.02. The van der Waals surface area contributed by atoms with E-state index in [2.05, 4.69) is 16.0 Å². The zero-order valence-corrected chi connectivity index (χ0v) is 9.34. The Kier molecular flexibility index (Phi) is 2.78. The van der Waals surface area contributed by atoms with Crippen LogP contribution < -0.4 is 5.73 Å². The van der Waals surface area contributed by atoms with Gasteiger partial charge in [0.05, 0.1) is 5.69 Å². The molecule has 1 fully saturated rings. The van der Waals surface area contributed by atoms with Crippen LogP contribution >= 0.6 is 11.8 Å². The van der Waals surface area contributed by atoms with Crippen molar-refractivity contribution in [2.45, 2.75) is 30.8 Å². The van der Waals surface area contributed by atoms with Crippen LogP contribution in [0.15, 0.2) is 5.16 Å². The minimum Gasteiger partial charge on any atom is -0.382 e. The quantitative estimate of drug-likeness (QED) is 0.622. The van der Waals surface area contributed by atoms with Gasteiger partial charge in [0.2, 0.25) is 0 Å². The summed E-state index contributed by atoms with van der Waals surface area (Å²) in [7, 11) is 0. The third-order valence-electron chi connectivity index (χ3n) is 2.29. The number of nitrogens with zero attached hydrogens (tertiary/aromatic N) is 3. The fraction of sp³-hybridized carbons (Fsp3) is 0.500. The van der Waals surface area contributed by atoms with Crippen molar-refractivity contribution in [3.63, 3.8) is 0 Å². The minimum absolute atomic E-state index is 0.324. The second-order valence-corrected chi connectivity index (χ2v) is 4.70. The lowest BCUT2D eigenvalue weighted by Gasteiger charge is -2.06. The molecule has 2 N–H and O–H groups in total. The highest BCUT2D eigenvalue weighted by molar-refractivity contribution is 7.99. The second-order valence-electron chi connectivity index (χ2n) is 3.47. The van der Waals surface area contributed by atoms with Crippen LogP contribution in [0.4, 0.5) is 5.82 Å². The normalized spacial score (nSPS) is 14.9. The van der Waals surface area contributed by atoms with Crippen LogP contribution in [0, 0.1) is 11.3 Å². The summed E-state index contributed by atoms with van der Waals surface area (Å²) in [5.74, 6) is 1.67. The largest absolute Gasteiger partial charge is 0.382 e. The molecule has 78 valence electrons. The van der Waals surface area contributed by atoms with Gasteiger partial charge in [0.25, 0.3) is 0 Å². The summed E-state index contributed by atoms with van der Waals surface area (Å²) in [5.41, 5.74) is 7.06. The fourth-order valence-electron chi connectivity index (χ4n) is 1.43. The van der Waals surface area contributed by atoms with Gasteiger partial charge < -0.3 is 5.73 Å². The summed E-state index contributed by atoms with van der Waals surface area (Å²) in [4.78, 5) is 8.52. The first-order chi connectivity index (χ1) is 7.26. The maximum absolute atomic E-state index is 8.98. The van der Waals surface area contributed by atoms with Crippen molar-refractivity contribution in [2.24, 2.45) is 0 Å². The van der Waals surface area contributed by atoms with Gasteiger partial charge in [0.15, 0.2) is 5.16 Å². The molecule has 0 amide bonds. The Hall–Kier alpha value is -1.28. The van der Waals surface area contributed by atoms with Crippen molar-refractivity contribution in [1.82, 2.24) is 9.97 Å². The van der Waals surface area contributed by atoms with Gasteiger partial charge in [-0.05, 0) is 18.6 Å². The Labute approximate surface area is 92.9 Å². The number of rotatable bonds is 3. The molecule has 1 heterocycles. The zero-order valence-electron chi connectivity index (χ0n) is 8.53. The van der Waals surface area contributed by atoms with Crippen LogP contribution in [0.2, 0.25) is 0 Å². The molecule has 1 aromatic rings. The van der Waals surface area contributed by atoms with E-state index in [1.807, 2.05) is 6.92 Å². The molecule has 0 aliphatic heterocycles. The maximum Gasteiger partial charge on any atom is 0.189 e. The van der Waals surface area contributed by atoms with E-state index >= 15 is 0 Å². The Balaban J connectivity index is 2.44. The topological polar surface area (TPSA) is 75.6 Å². The molecule has 0 saturated heterocycles. The molecule has 2 rings (SSSR count). The third-order valence-corrected chi connectivity index (χ3v) is 3.02. The van der Waals surface area contributed by atoms with Crippen LogP contribution in [0.5, 0.6) is 0 Å². The lowest BCUT2D eigenvalue weighted by Crippen LogP contribution is -2.04. The van der Waals surface area contributed by atoms with E-state index in [1.54, 1.807) is 11.8 Å². The smallest absolute Gasteiger partial charge is 0.189 e. The number of anilines is 1. The SMILES string of the molecule is CCSc1nc(N)c(C#N)c(C2CC2)n1. The van der Waals surface area contributed by atoms with Crippen molar-refractivity contribution in [1.29, 1.82) is 5.26 Å². The number of nitriles is 1. The van der Waals surface area contributed by atoms with E-state index in [-0.39, 0.29) is 0 Å². The van der Waals surface area contributed by atoms with Crippen LogP contribution in [0.25, 0.3) is 0 Å². The summed E-state index contributed by atoms with van der Waals surface area (Å²) >= 11 is 1.56. The van der Waals surface area contributed by atoms with E-state index in [0.717, 1.165) is 24.3 Å². The first-order valence-corrected chi connectivity index (χ1v) is 5.95. The van der Waals surface area contributed by atoms with Crippen molar-refractivity contribution < 1.29 is 0 Å². The summed E-state index contributed by atoms with van der Waals surface area (Å²) in [6.45, 7) is 2.04. The number of hydrogen-bond donors (Lipinski definition) is 1. The lowest BCUT2D eigenvalue weighted by atomic mass is 10.1. The molecule has 0 atom stereocenters. The summed E-state index contributed by atoms with van der Waals surface area (Å²) < 4.78 is 0. The molecule has 0 radical (unpaired) electrons. The number of nitrogens with two attached hydrogens (primary N) is 1. The van der Waals surface area contributed by atoms with Gasteiger partial charge in [-0.15, -0.1) is 0 Å². The molecular formula is C10H12N4S. The van der Waals surface area contributed by atoms with Gasteiger partial charge in [0.1, 0.15) is 17.5 Å². The first-order valence-electron chi connectivity index (χ1n) is 4.96. The number of nitrogen functional groups attached to an aromatic ring is 1. The van der Waals surface area contributed by atoms with E-state index in [4.69, 9.17) is 11.0 Å². The van der Waals surface area contributed by atoms with Gasteiger partial charge in [0, 0.05) is 5.92 Å². The van der Waals surface area contributed by atoms with Gasteiger partial charge in [-0.3, -0.25) is 0 Å². The predicted molar refractivity (Wildman–Crippen MR) is 59.5 cm³/mol. The van der Waals surface area contributed by atoms with Gasteiger partial charge in [-0.2, -0.15) is 5.26 Å². The molecular weight excluding hydrogens is 208 g/mol. The molecule has 1 aliphatic carbocycles. The second kappa shape index (κ2) is 4.07. The highest BCUT2D eigenvalue weighted by atomic mass is 32.2.